The molecule has 7 heteroatoms. The fourth-order valence-electron chi connectivity index (χ4n) is 2.17. The van der Waals surface area contributed by atoms with E-state index in [1.54, 1.807) is 20.4 Å². The van der Waals surface area contributed by atoms with Crippen LogP contribution in [0.2, 0.25) is 0 Å². The molecule has 0 fully saturated rings. The van der Waals surface area contributed by atoms with Gasteiger partial charge in [-0.25, -0.2) is 0 Å². The average molecular weight is 430 g/mol. The minimum absolute atomic E-state index is 0. The van der Waals surface area contributed by atoms with Gasteiger partial charge in [-0.2, -0.15) is 0 Å². The van der Waals surface area contributed by atoms with Crippen LogP contribution in [0.25, 0.3) is 0 Å². The van der Waals surface area contributed by atoms with Gasteiger partial charge >= 0.3 is 0 Å². The van der Waals surface area contributed by atoms with Crippen molar-refractivity contribution >= 4 is 29.9 Å². The number of aliphatic imine (C=N–C) groups is 1. The van der Waals surface area contributed by atoms with Crippen LogP contribution in [-0.2, 0) is 6.54 Å². The first-order valence-corrected chi connectivity index (χ1v) is 7.15. The molecule has 0 aliphatic rings. The van der Waals surface area contributed by atoms with E-state index in [2.05, 4.69) is 40.7 Å². The highest BCUT2D eigenvalue weighted by atomic mass is 127. The van der Waals surface area contributed by atoms with Crippen LogP contribution < -0.4 is 15.4 Å². The maximum atomic E-state index is 5.43. The summed E-state index contributed by atoms with van der Waals surface area (Å²) in [4.78, 5) is 4.23. The number of methoxy groups -OCH3 is 1. The zero-order valence-electron chi connectivity index (χ0n) is 13.8. The van der Waals surface area contributed by atoms with Crippen molar-refractivity contribution in [1.82, 2.24) is 15.8 Å². The normalized spacial score (nSPS) is 12.3. The van der Waals surface area contributed by atoms with Crippen LogP contribution in [0.15, 0.2) is 40.0 Å². The zero-order valence-corrected chi connectivity index (χ0v) is 16.1. The van der Waals surface area contributed by atoms with Crippen molar-refractivity contribution in [2.45, 2.75) is 26.4 Å². The summed E-state index contributed by atoms with van der Waals surface area (Å²) in [6.07, 6.45) is 1.55. The van der Waals surface area contributed by atoms with Crippen LogP contribution in [0.3, 0.4) is 0 Å². The van der Waals surface area contributed by atoms with E-state index in [-0.39, 0.29) is 30.0 Å². The van der Waals surface area contributed by atoms with Gasteiger partial charge in [0.15, 0.2) is 5.96 Å². The highest BCUT2D eigenvalue weighted by Crippen LogP contribution is 2.25. The van der Waals surface area contributed by atoms with Crippen molar-refractivity contribution in [3.05, 3.63) is 47.3 Å². The van der Waals surface area contributed by atoms with Crippen molar-refractivity contribution in [3.63, 3.8) is 0 Å². The molecule has 2 aromatic rings. The quantitative estimate of drug-likeness (QED) is 0.434. The van der Waals surface area contributed by atoms with Gasteiger partial charge in [-0.1, -0.05) is 22.9 Å². The average Bonchev–Trinajstić information content (AvgIpc) is 3.04. The predicted octanol–water partition coefficient (Wildman–Crippen LogP) is 3.04. The summed E-state index contributed by atoms with van der Waals surface area (Å²) in [5.41, 5.74) is 3.10. The second kappa shape index (κ2) is 9.39. The summed E-state index contributed by atoms with van der Waals surface area (Å²) < 4.78 is 10.2. The third kappa shape index (κ3) is 5.42. The molecule has 0 saturated carbocycles. The van der Waals surface area contributed by atoms with Gasteiger partial charge in [-0.05, 0) is 19.9 Å². The molecule has 1 aromatic carbocycles. The summed E-state index contributed by atoms with van der Waals surface area (Å²) in [6, 6.07) is 7.99. The zero-order chi connectivity index (χ0) is 15.9. The lowest BCUT2D eigenvalue weighted by Gasteiger charge is -2.20. The summed E-state index contributed by atoms with van der Waals surface area (Å²) >= 11 is 0. The van der Waals surface area contributed by atoms with Crippen molar-refractivity contribution in [3.8, 4) is 5.75 Å². The topological polar surface area (TPSA) is 71.7 Å². The van der Waals surface area contributed by atoms with E-state index in [0.29, 0.717) is 12.5 Å². The van der Waals surface area contributed by atoms with Crippen molar-refractivity contribution in [2.24, 2.45) is 4.99 Å². The fraction of sp³-hybridized carbons (Fsp3) is 0.375. The number of hydrogen-bond acceptors (Lipinski definition) is 4. The number of guanidine groups is 1. The van der Waals surface area contributed by atoms with Crippen LogP contribution >= 0.6 is 24.0 Å². The highest BCUT2D eigenvalue weighted by Gasteiger charge is 2.13. The number of nitrogens with zero attached hydrogens (tertiary/aromatic N) is 2. The number of hydrogen-bond donors (Lipinski definition) is 2. The minimum Gasteiger partial charge on any atom is -0.496 e. The molecule has 0 aliphatic heterocycles. The molecule has 23 heavy (non-hydrogen) atoms. The lowest BCUT2D eigenvalue weighted by molar-refractivity contribution is 0.404. The number of benzene rings is 1. The minimum atomic E-state index is 0. The Bertz CT molecular complexity index is 629. The van der Waals surface area contributed by atoms with Gasteiger partial charge in [0.1, 0.15) is 17.7 Å². The molecule has 126 valence electrons. The van der Waals surface area contributed by atoms with Gasteiger partial charge in [-0.3, -0.25) is 4.99 Å². The smallest absolute Gasteiger partial charge is 0.191 e. The van der Waals surface area contributed by atoms with E-state index >= 15 is 0 Å². The number of aromatic nitrogens is 1. The Hall–Kier alpha value is -1.77. The monoisotopic (exact) mass is 430 g/mol. The molecule has 1 aromatic heterocycles. The number of nitrogens with one attached hydrogen (secondary N) is 2. The van der Waals surface area contributed by atoms with E-state index < -0.39 is 0 Å². The van der Waals surface area contributed by atoms with Gasteiger partial charge in [-0.15, -0.1) is 24.0 Å². The Kier molecular flexibility index (Phi) is 7.87. The first kappa shape index (κ1) is 19.3. The lowest BCUT2D eigenvalue weighted by Crippen LogP contribution is -2.38. The van der Waals surface area contributed by atoms with E-state index in [4.69, 9.17) is 9.26 Å². The number of halogens is 1. The summed E-state index contributed by atoms with van der Waals surface area (Å²) in [7, 11) is 3.41. The Labute approximate surface area is 153 Å². The molecule has 1 unspecified atom stereocenters. The Morgan fingerprint density at radius 1 is 1.39 bits per heavy atom. The van der Waals surface area contributed by atoms with Crippen molar-refractivity contribution in [2.75, 3.05) is 14.2 Å². The molecular formula is C16H23IN4O2. The van der Waals surface area contributed by atoms with Crippen LogP contribution in [0, 0.1) is 6.92 Å². The maximum Gasteiger partial charge on any atom is 0.191 e. The van der Waals surface area contributed by atoms with Crippen LogP contribution in [0.4, 0.5) is 0 Å². The molecule has 0 bridgehead atoms. The number of rotatable bonds is 5. The van der Waals surface area contributed by atoms with E-state index in [9.17, 15) is 0 Å². The number of ether oxygens (including phenoxy) is 1. The molecular weight excluding hydrogens is 407 g/mol. The third-order valence-electron chi connectivity index (χ3n) is 3.36. The van der Waals surface area contributed by atoms with Gasteiger partial charge < -0.3 is 19.9 Å². The van der Waals surface area contributed by atoms with E-state index in [0.717, 1.165) is 17.0 Å². The fourth-order valence-corrected chi connectivity index (χ4v) is 2.17. The van der Waals surface area contributed by atoms with E-state index in [1.165, 1.54) is 5.56 Å². The van der Waals surface area contributed by atoms with Gasteiger partial charge in [0, 0.05) is 18.7 Å². The molecule has 1 atom stereocenters. The summed E-state index contributed by atoms with van der Waals surface area (Å²) in [5, 5.41) is 10.4. The first-order chi connectivity index (χ1) is 10.6. The summed E-state index contributed by atoms with van der Waals surface area (Å²) in [6.45, 7) is 4.68. The first-order valence-electron chi connectivity index (χ1n) is 7.15. The second-order valence-corrected chi connectivity index (χ2v) is 5.03. The highest BCUT2D eigenvalue weighted by molar-refractivity contribution is 14.0. The largest absolute Gasteiger partial charge is 0.496 e. The summed E-state index contributed by atoms with van der Waals surface area (Å²) in [5.74, 6) is 1.55. The molecule has 0 saturated heterocycles. The SMILES string of the molecule is CN=C(NCc1ccon1)NC(C)c1cc(C)ccc1OC.I. The standard InChI is InChI=1S/C16H22N4O2.HI/c1-11-5-6-15(21-4)14(9-11)12(2)19-16(17-3)18-10-13-7-8-22-20-13;/h5-9,12H,10H2,1-4H3,(H2,17,18,19);1H. The van der Waals surface area contributed by atoms with Crippen molar-refractivity contribution < 1.29 is 9.26 Å². The van der Waals surface area contributed by atoms with Gasteiger partial charge in [0.25, 0.3) is 0 Å². The molecule has 0 aliphatic carbocycles. The number of aryl methyl sites for hydroxylation is 1. The second-order valence-electron chi connectivity index (χ2n) is 5.03. The molecule has 6 nitrogen and oxygen atoms in total. The predicted molar refractivity (Wildman–Crippen MR) is 101 cm³/mol. The molecule has 0 spiro atoms. The molecule has 2 rings (SSSR count). The van der Waals surface area contributed by atoms with E-state index in [1.807, 2.05) is 18.2 Å². The molecule has 0 amide bonds. The van der Waals surface area contributed by atoms with Crippen molar-refractivity contribution in [1.29, 1.82) is 0 Å². The van der Waals surface area contributed by atoms with Crippen LogP contribution in [-0.4, -0.2) is 25.3 Å². The molecule has 2 N–H and O–H groups in total. The maximum absolute atomic E-state index is 5.43. The molecule has 1 heterocycles. The Balaban J connectivity index is 0.00000264. The third-order valence-corrected chi connectivity index (χ3v) is 3.36. The van der Waals surface area contributed by atoms with Gasteiger partial charge in [0.2, 0.25) is 0 Å². The van der Waals surface area contributed by atoms with Crippen LogP contribution in [0.5, 0.6) is 5.75 Å². The van der Waals surface area contributed by atoms with Crippen LogP contribution in [0.1, 0.15) is 29.8 Å². The molecule has 0 radical (unpaired) electrons. The van der Waals surface area contributed by atoms with Gasteiger partial charge in [0.05, 0.1) is 19.7 Å². The lowest BCUT2D eigenvalue weighted by atomic mass is 10.0. The Morgan fingerprint density at radius 3 is 2.78 bits per heavy atom. The Morgan fingerprint density at radius 2 is 2.17 bits per heavy atom.